The summed E-state index contributed by atoms with van der Waals surface area (Å²) in [5, 5.41) is 0. The average molecular weight is 299 g/mol. The quantitative estimate of drug-likeness (QED) is 0.808. The van der Waals surface area contributed by atoms with E-state index in [1.807, 2.05) is 24.3 Å². The molecule has 5 heterocycles. The van der Waals surface area contributed by atoms with Gasteiger partial charge in [0.1, 0.15) is 11.1 Å². The van der Waals surface area contributed by atoms with E-state index in [4.69, 9.17) is 9.15 Å². The molecule has 4 aliphatic heterocycles. The fourth-order valence-electron chi connectivity index (χ4n) is 4.13. The number of fused-ring (bicyclic) bond motifs is 3. The first kappa shape index (κ1) is 12.5. The molecule has 2 aromatic rings. The Bertz CT molecular complexity index is 717. The largest absolute Gasteiger partial charge is 0.439 e. The van der Waals surface area contributed by atoms with Gasteiger partial charge in [0.05, 0.1) is 6.54 Å². The van der Waals surface area contributed by atoms with Crippen molar-refractivity contribution < 1.29 is 13.9 Å². The van der Waals surface area contributed by atoms with Gasteiger partial charge in [-0.3, -0.25) is 4.90 Å². The van der Waals surface area contributed by atoms with Gasteiger partial charge >= 0.3 is 12.1 Å². The molecule has 1 spiro atoms. The van der Waals surface area contributed by atoms with E-state index in [0.29, 0.717) is 24.1 Å². The molecule has 6 heteroatoms. The Morgan fingerprint density at radius 3 is 2.73 bits per heavy atom. The number of amides is 1. The number of piperidine rings is 3. The molecule has 1 aromatic heterocycles. The molecule has 0 N–H and O–H groups in total. The number of oxazole rings is 1. The number of para-hydroxylation sites is 2. The van der Waals surface area contributed by atoms with Gasteiger partial charge in [0, 0.05) is 12.5 Å². The zero-order valence-electron chi connectivity index (χ0n) is 12.2. The summed E-state index contributed by atoms with van der Waals surface area (Å²) in [5.74, 6) is 0.454. The van der Waals surface area contributed by atoms with Gasteiger partial charge in [-0.15, -0.1) is 0 Å². The second-order valence-electron chi connectivity index (χ2n) is 6.53. The molecule has 4 aliphatic rings. The zero-order chi connectivity index (χ0) is 14.7. The molecule has 4 fully saturated rings. The second-order valence-corrected chi connectivity index (χ2v) is 6.53. The summed E-state index contributed by atoms with van der Waals surface area (Å²) in [4.78, 5) is 20.8. The van der Waals surface area contributed by atoms with Crippen molar-refractivity contribution in [1.82, 2.24) is 9.88 Å². The third kappa shape index (κ3) is 1.64. The number of benzene rings is 1. The predicted octanol–water partition coefficient (Wildman–Crippen LogP) is 2.25. The Hall–Kier alpha value is -2.08. The van der Waals surface area contributed by atoms with Crippen LogP contribution in [0.25, 0.3) is 11.1 Å². The Morgan fingerprint density at radius 2 is 2.00 bits per heavy atom. The van der Waals surface area contributed by atoms with E-state index in [0.717, 1.165) is 38.0 Å². The molecule has 0 unspecified atom stereocenters. The van der Waals surface area contributed by atoms with E-state index < -0.39 is 0 Å². The molecule has 4 saturated heterocycles. The van der Waals surface area contributed by atoms with Gasteiger partial charge in [-0.05, 0) is 38.1 Å². The molecule has 22 heavy (non-hydrogen) atoms. The number of carbonyl (C=O) groups excluding carboxylic acids is 1. The van der Waals surface area contributed by atoms with Crippen molar-refractivity contribution in [2.75, 3.05) is 31.1 Å². The maximum Gasteiger partial charge on any atom is 0.418 e. The summed E-state index contributed by atoms with van der Waals surface area (Å²) in [7, 11) is 0. The van der Waals surface area contributed by atoms with Crippen molar-refractivity contribution in [3.05, 3.63) is 24.3 Å². The van der Waals surface area contributed by atoms with Crippen LogP contribution in [0, 0.1) is 5.92 Å². The first-order chi connectivity index (χ1) is 10.7. The van der Waals surface area contributed by atoms with Gasteiger partial charge in [-0.1, -0.05) is 12.1 Å². The molecule has 2 bridgehead atoms. The van der Waals surface area contributed by atoms with Crippen LogP contribution in [-0.2, 0) is 4.74 Å². The molecule has 114 valence electrons. The molecule has 0 aliphatic carbocycles. The standard InChI is InChI=1S/C16H17N3O3/c20-15-19(14-17-12-3-1-2-4-13(12)21-14)10-16(22-15)9-18-7-5-11(16)6-8-18/h1-4,11H,5-10H2/t16-/m1/s1. The Balaban J connectivity index is 1.50. The summed E-state index contributed by atoms with van der Waals surface area (Å²) in [6, 6.07) is 7.89. The van der Waals surface area contributed by atoms with Crippen LogP contribution in [0.5, 0.6) is 0 Å². The summed E-state index contributed by atoms with van der Waals surface area (Å²) >= 11 is 0. The lowest BCUT2D eigenvalue weighted by Crippen LogP contribution is -2.61. The highest BCUT2D eigenvalue weighted by molar-refractivity contribution is 5.89. The fraction of sp³-hybridized carbons (Fsp3) is 0.500. The Labute approximate surface area is 127 Å². The van der Waals surface area contributed by atoms with Crippen LogP contribution in [0.1, 0.15) is 12.8 Å². The van der Waals surface area contributed by atoms with Crippen molar-refractivity contribution in [2.24, 2.45) is 5.92 Å². The third-order valence-electron chi connectivity index (χ3n) is 5.27. The van der Waals surface area contributed by atoms with Crippen LogP contribution in [-0.4, -0.2) is 47.8 Å². The highest BCUT2D eigenvalue weighted by Gasteiger charge is 2.56. The molecule has 6 nitrogen and oxygen atoms in total. The van der Waals surface area contributed by atoms with Crippen LogP contribution in [0.4, 0.5) is 10.8 Å². The number of hydrogen-bond acceptors (Lipinski definition) is 5. The zero-order valence-corrected chi connectivity index (χ0v) is 12.2. The van der Waals surface area contributed by atoms with Gasteiger partial charge in [0.15, 0.2) is 5.58 Å². The van der Waals surface area contributed by atoms with Crippen molar-refractivity contribution in [3.8, 4) is 0 Å². The Morgan fingerprint density at radius 1 is 1.18 bits per heavy atom. The topological polar surface area (TPSA) is 58.8 Å². The lowest BCUT2D eigenvalue weighted by atomic mass is 9.75. The molecule has 0 radical (unpaired) electrons. The minimum Gasteiger partial charge on any atom is -0.439 e. The molecule has 1 amide bonds. The van der Waals surface area contributed by atoms with E-state index in [2.05, 4.69) is 9.88 Å². The van der Waals surface area contributed by atoms with Crippen molar-refractivity contribution in [3.63, 3.8) is 0 Å². The molecular formula is C16H17N3O3. The first-order valence-electron chi connectivity index (χ1n) is 7.82. The van der Waals surface area contributed by atoms with E-state index in [1.54, 1.807) is 4.90 Å². The van der Waals surface area contributed by atoms with E-state index >= 15 is 0 Å². The number of ether oxygens (including phenoxy) is 1. The van der Waals surface area contributed by atoms with E-state index in [9.17, 15) is 4.79 Å². The van der Waals surface area contributed by atoms with Gasteiger partial charge < -0.3 is 9.15 Å². The van der Waals surface area contributed by atoms with E-state index in [1.165, 1.54) is 0 Å². The molecular weight excluding hydrogens is 282 g/mol. The minimum atomic E-state index is -0.381. The van der Waals surface area contributed by atoms with Crippen LogP contribution in [0.15, 0.2) is 28.7 Å². The normalized spacial score (nSPS) is 33.8. The molecule has 0 saturated carbocycles. The lowest BCUT2D eigenvalue weighted by molar-refractivity contribution is -0.0881. The maximum absolute atomic E-state index is 12.4. The monoisotopic (exact) mass is 299 g/mol. The second kappa shape index (κ2) is 4.23. The highest BCUT2D eigenvalue weighted by Crippen LogP contribution is 2.43. The van der Waals surface area contributed by atoms with Crippen LogP contribution >= 0.6 is 0 Å². The van der Waals surface area contributed by atoms with Gasteiger partial charge in [-0.25, -0.2) is 9.69 Å². The number of aromatic nitrogens is 1. The first-order valence-corrected chi connectivity index (χ1v) is 7.82. The summed E-state index contributed by atoms with van der Waals surface area (Å²) in [5.41, 5.74) is 1.08. The van der Waals surface area contributed by atoms with E-state index in [-0.39, 0.29) is 11.7 Å². The Kier molecular flexibility index (Phi) is 2.39. The van der Waals surface area contributed by atoms with Crippen LogP contribution < -0.4 is 4.90 Å². The number of hydrogen-bond donors (Lipinski definition) is 0. The molecule has 6 rings (SSSR count). The van der Waals surface area contributed by atoms with Crippen LogP contribution in [0.3, 0.4) is 0 Å². The number of rotatable bonds is 1. The minimum absolute atomic E-state index is 0.333. The highest BCUT2D eigenvalue weighted by atomic mass is 16.6. The van der Waals surface area contributed by atoms with Crippen molar-refractivity contribution in [1.29, 1.82) is 0 Å². The lowest BCUT2D eigenvalue weighted by Gasteiger charge is -2.49. The fourth-order valence-corrected chi connectivity index (χ4v) is 4.13. The number of nitrogens with zero attached hydrogens (tertiary/aromatic N) is 3. The summed E-state index contributed by atoms with van der Waals surface area (Å²) in [6.07, 6.45) is 1.88. The van der Waals surface area contributed by atoms with Crippen molar-refractivity contribution in [2.45, 2.75) is 18.4 Å². The number of carbonyl (C=O) groups is 1. The van der Waals surface area contributed by atoms with Gasteiger partial charge in [0.25, 0.3) is 0 Å². The smallest absolute Gasteiger partial charge is 0.418 e. The SMILES string of the molecule is O=C1O[C@]2(CN3CCC2CC3)CN1c1nc2ccccc2o1. The van der Waals surface area contributed by atoms with Gasteiger partial charge in [0.2, 0.25) is 0 Å². The molecule has 1 atom stereocenters. The maximum atomic E-state index is 12.4. The average Bonchev–Trinajstić information content (AvgIpc) is 3.09. The summed E-state index contributed by atoms with van der Waals surface area (Å²) in [6.45, 7) is 3.61. The number of anilines is 1. The summed E-state index contributed by atoms with van der Waals surface area (Å²) < 4.78 is 11.6. The van der Waals surface area contributed by atoms with Crippen molar-refractivity contribution >= 4 is 23.2 Å². The third-order valence-corrected chi connectivity index (χ3v) is 5.27. The van der Waals surface area contributed by atoms with Crippen LogP contribution in [0.2, 0.25) is 0 Å². The molecule has 1 aromatic carbocycles. The predicted molar refractivity (Wildman–Crippen MR) is 79.7 cm³/mol. The van der Waals surface area contributed by atoms with Gasteiger partial charge in [-0.2, -0.15) is 4.98 Å².